The molecule has 0 aromatic heterocycles. The Kier molecular flexibility index (Phi) is 4.87. The second-order valence-corrected chi connectivity index (χ2v) is 6.16. The summed E-state index contributed by atoms with van der Waals surface area (Å²) in [7, 11) is 0. The highest BCUT2D eigenvalue weighted by Crippen LogP contribution is 2.31. The Hall–Kier alpha value is -2.31. The van der Waals surface area contributed by atoms with Gasteiger partial charge in [-0.1, -0.05) is 24.3 Å². The number of non-ortho nitro benzene ring substituents is 1. The summed E-state index contributed by atoms with van der Waals surface area (Å²) in [6, 6.07) is 12.9. The first-order chi connectivity index (χ1) is 11.5. The van der Waals surface area contributed by atoms with E-state index >= 15 is 0 Å². The normalized spacial score (nSPS) is 15.5. The van der Waals surface area contributed by atoms with Gasteiger partial charge in [-0.05, 0) is 36.1 Å². The van der Waals surface area contributed by atoms with Crippen molar-refractivity contribution in [3.63, 3.8) is 0 Å². The minimum absolute atomic E-state index is 0.0327. The third-order valence-corrected chi connectivity index (χ3v) is 4.21. The molecule has 1 aliphatic rings. The summed E-state index contributed by atoms with van der Waals surface area (Å²) in [6.07, 6.45) is 1.28. The summed E-state index contributed by atoms with van der Waals surface area (Å²) in [5, 5.41) is 21.3. The van der Waals surface area contributed by atoms with Gasteiger partial charge in [-0.15, -0.1) is 0 Å². The van der Waals surface area contributed by atoms with E-state index < -0.39 is 11.0 Å². The van der Waals surface area contributed by atoms with Gasteiger partial charge in [-0.3, -0.25) is 15.0 Å². The summed E-state index contributed by atoms with van der Waals surface area (Å²) in [4.78, 5) is 12.5. The van der Waals surface area contributed by atoms with Crippen LogP contribution >= 0.6 is 0 Å². The molecule has 0 amide bonds. The van der Waals surface area contributed by atoms with Gasteiger partial charge in [0.15, 0.2) is 0 Å². The molecular formula is C18H19FN2O3. The lowest BCUT2D eigenvalue weighted by Gasteiger charge is -2.25. The van der Waals surface area contributed by atoms with E-state index in [0.29, 0.717) is 24.7 Å². The van der Waals surface area contributed by atoms with Crippen LogP contribution in [0.15, 0.2) is 48.5 Å². The highest BCUT2D eigenvalue weighted by Gasteiger charge is 2.30. The Morgan fingerprint density at radius 2 is 2.00 bits per heavy atom. The molecule has 1 saturated carbocycles. The highest BCUT2D eigenvalue weighted by molar-refractivity contribution is 5.35. The van der Waals surface area contributed by atoms with E-state index in [9.17, 15) is 19.6 Å². The van der Waals surface area contributed by atoms with Gasteiger partial charge in [0.25, 0.3) is 5.69 Å². The molecule has 2 aromatic rings. The van der Waals surface area contributed by atoms with Crippen molar-refractivity contribution in [3.8, 4) is 0 Å². The van der Waals surface area contributed by atoms with Gasteiger partial charge in [-0.2, -0.15) is 0 Å². The van der Waals surface area contributed by atoms with Gasteiger partial charge < -0.3 is 5.11 Å². The largest absolute Gasteiger partial charge is 0.387 e. The molecule has 2 aromatic carbocycles. The van der Waals surface area contributed by atoms with E-state index in [2.05, 4.69) is 4.90 Å². The molecular weight excluding hydrogens is 311 g/mol. The quantitative estimate of drug-likeness (QED) is 0.624. The van der Waals surface area contributed by atoms with Crippen LogP contribution in [0.2, 0.25) is 0 Å². The van der Waals surface area contributed by atoms with Crippen molar-refractivity contribution in [2.24, 2.45) is 0 Å². The lowest BCUT2D eigenvalue weighted by Crippen LogP contribution is -2.30. The maximum atomic E-state index is 13.4. The fourth-order valence-electron chi connectivity index (χ4n) is 2.83. The number of rotatable bonds is 7. The molecule has 6 heteroatoms. The molecule has 1 atom stereocenters. The first-order valence-electron chi connectivity index (χ1n) is 7.94. The van der Waals surface area contributed by atoms with Crippen molar-refractivity contribution in [2.45, 2.75) is 31.5 Å². The summed E-state index contributed by atoms with van der Waals surface area (Å²) in [5.74, 6) is -0.275. The molecule has 0 aliphatic heterocycles. The Morgan fingerprint density at radius 1 is 1.25 bits per heavy atom. The zero-order chi connectivity index (χ0) is 17.1. The van der Waals surface area contributed by atoms with Crippen LogP contribution in [-0.4, -0.2) is 27.5 Å². The number of aliphatic hydroxyl groups is 1. The lowest BCUT2D eigenvalue weighted by atomic mass is 10.1. The molecule has 0 bridgehead atoms. The molecule has 3 rings (SSSR count). The number of benzene rings is 2. The van der Waals surface area contributed by atoms with E-state index in [1.54, 1.807) is 18.2 Å². The van der Waals surface area contributed by atoms with E-state index in [4.69, 9.17) is 0 Å². The summed E-state index contributed by atoms with van der Waals surface area (Å²) in [6.45, 7) is 0.913. The second kappa shape index (κ2) is 7.07. The maximum absolute atomic E-state index is 13.4. The fraction of sp³-hybridized carbons (Fsp3) is 0.333. The predicted molar refractivity (Wildman–Crippen MR) is 87.9 cm³/mol. The molecule has 0 heterocycles. The Morgan fingerprint density at radius 3 is 2.67 bits per heavy atom. The zero-order valence-electron chi connectivity index (χ0n) is 13.1. The molecule has 126 valence electrons. The number of nitro benzene ring substituents is 1. The Bertz CT molecular complexity index is 734. The number of aliphatic hydroxyl groups excluding tert-OH is 1. The lowest BCUT2D eigenvalue weighted by molar-refractivity contribution is -0.385. The standard InChI is InChI=1S/C18H19FN2O3/c19-15-5-1-3-13(9-15)11-20(16-7-8-16)12-18(22)14-4-2-6-17(10-14)21(23)24/h1-6,9-10,16,18,22H,7-8,11-12H2. The predicted octanol–water partition coefficient (Wildman–Crippen LogP) is 3.43. The van der Waals surface area contributed by atoms with Gasteiger partial charge in [0.05, 0.1) is 11.0 Å². The van der Waals surface area contributed by atoms with E-state index in [1.165, 1.54) is 24.3 Å². The Balaban J connectivity index is 1.71. The molecule has 1 fully saturated rings. The molecule has 5 nitrogen and oxygen atoms in total. The van der Waals surface area contributed by atoms with Gasteiger partial charge >= 0.3 is 0 Å². The van der Waals surface area contributed by atoms with Crippen LogP contribution < -0.4 is 0 Å². The molecule has 0 saturated heterocycles. The van der Waals surface area contributed by atoms with E-state index in [-0.39, 0.29) is 11.5 Å². The van der Waals surface area contributed by atoms with Crippen molar-refractivity contribution in [2.75, 3.05) is 6.54 Å². The summed E-state index contributed by atoms with van der Waals surface area (Å²) < 4.78 is 13.4. The van der Waals surface area contributed by atoms with Crippen LogP contribution in [0.25, 0.3) is 0 Å². The monoisotopic (exact) mass is 330 g/mol. The molecule has 1 unspecified atom stereocenters. The van der Waals surface area contributed by atoms with Crippen LogP contribution in [0.3, 0.4) is 0 Å². The van der Waals surface area contributed by atoms with Crippen molar-refractivity contribution in [1.29, 1.82) is 0 Å². The zero-order valence-corrected chi connectivity index (χ0v) is 13.1. The molecule has 1 aliphatic carbocycles. The smallest absolute Gasteiger partial charge is 0.269 e. The second-order valence-electron chi connectivity index (χ2n) is 6.16. The van der Waals surface area contributed by atoms with E-state index in [1.807, 2.05) is 6.07 Å². The fourth-order valence-corrected chi connectivity index (χ4v) is 2.83. The minimum atomic E-state index is -0.820. The molecule has 1 N–H and O–H groups in total. The molecule has 0 radical (unpaired) electrons. The Labute approximate surface area is 139 Å². The van der Waals surface area contributed by atoms with Crippen LogP contribution in [0.5, 0.6) is 0 Å². The third-order valence-electron chi connectivity index (χ3n) is 4.21. The minimum Gasteiger partial charge on any atom is -0.387 e. The summed E-state index contributed by atoms with van der Waals surface area (Å²) in [5.41, 5.74) is 1.34. The molecule has 24 heavy (non-hydrogen) atoms. The van der Waals surface area contributed by atoms with E-state index in [0.717, 1.165) is 18.4 Å². The number of halogens is 1. The van der Waals surface area contributed by atoms with Crippen molar-refractivity contribution in [1.82, 2.24) is 4.90 Å². The average molecular weight is 330 g/mol. The number of nitrogens with zero attached hydrogens (tertiary/aromatic N) is 2. The van der Waals surface area contributed by atoms with Gasteiger partial charge in [-0.25, -0.2) is 4.39 Å². The first-order valence-corrected chi connectivity index (χ1v) is 7.94. The average Bonchev–Trinajstić information content (AvgIpc) is 3.39. The number of hydrogen-bond acceptors (Lipinski definition) is 4. The van der Waals surface area contributed by atoms with Crippen molar-refractivity contribution < 1.29 is 14.4 Å². The number of hydrogen-bond donors (Lipinski definition) is 1. The van der Waals surface area contributed by atoms with Crippen molar-refractivity contribution >= 4 is 5.69 Å². The van der Waals surface area contributed by atoms with Crippen LogP contribution in [0.4, 0.5) is 10.1 Å². The van der Waals surface area contributed by atoms with Gasteiger partial charge in [0, 0.05) is 31.3 Å². The molecule has 0 spiro atoms. The number of nitro groups is 1. The first kappa shape index (κ1) is 16.5. The topological polar surface area (TPSA) is 66.6 Å². The van der Waals surface area contributed by atoms with Crippen LogP contribution in [0.1, 0.15) is 30.1 Å². The van der Waals surface area contributed by atoms with Crippen LogP contribution in [-0.2, 0) is 6.54 Å². The van der Waals surface area contributed by atoms with Crippen LogP contribution in [0, 0.1) is 15.9 Å². The maximum Gasteiger partial charge on any atom is 0.269 e. The SMILES string of the molecule is O=[N+]([O-])c1cccc(C(O)CN(Cc2cccc(F)c2)C2CC2)c1. The highest BCUT2D eigenvalue weighted by atomic mass is 19.1. The van der Waals surface area contributed by atoms with Gasteiger partial charge in [0.1, 0.15) is 5.82 Å². The third kappa shape index (κ3) is 4.15. The summed E-state index contributed by atoms with van der Waals surface area (Å²) >= 11 is 0. The van der Waals surface area contributed by atoms with Crippen molar-refractivity contribution in [3.05, 3.63) is 75.6 Å². The van der Waals surface area contributed by atoms with Gasteiger partial charge in [0.2, 0.25) is 0 Å².